The number of oxazole rings is 1. The molecule has 0 aliphatic rings. The van der Waals surface area contributed by atoms with Gasteiger partial charge in [-0.25, -0.2) is 4.79 Å². The van der Waals surface area contributed by atoms with Crippen molar-refractivity contribution in [2.45, 2.75) is 25.7 Å². The third-order valence-corrected chi connectivity index (χ3v) is 4.67. The van der Waals surface area contributed by atoms with E-state index in [9.17, 15) is 9.59 Å². The first-order valence-electron chi connectivity index (χ1n) is 7.55. The molecule has 0 aliphatic carbocycles. The summed E-state index contributed by atoms with van der Waals surface area (Å²) in [6, 6.07) is 9.39. The van der Waals surface area contributed by atoms with E-state index in [-0.39, 0.29) is 5.91 Å². The summed E-state index contributed by atoms with van der Waals surface area (Å²) in [6.07, 6.45) is 3.36. The maximum atomic E-state index is 12.0. The van der Waals surface area contributed by atoms with Crippen LogP contribution in [-0.2, 0) is 18.3 Å². The number of amides is 1. The molecule has 1 aromatic carbocycles. The first-order valence-corrected chi connectivity index (χ1v) is 8.43. The number of hydrogen-bond donors (Lipinski definition) is 1. The summed E-state index contributed by atoms with van der Waals surface area (Å²) in [4.78, 5) is 24.8. The second kappa shape index (κ2) is 6.83. The van der Waals surface area contributed by atoms with Crippen molar-refractivity contribution in [2.75, 3.05) is 5.32 Å². The minimum atomic E-state index is -0.406. The summed E-state index contributed by atoms with van der Waals surface area (Å²) in [5.74, 6) is -0.425. The Balaban J connectivity index is 1.52. The average molecular weight is 330 g/mol. The van der Waals surface area contributed by atoms with Gasteiger partial charge in [0.2, 0.25) is 5.91 Å². The molecule has 0 bridgehead atoms. The Morgan fingerprint density at radius 3 is 2.96 bits per heavy atom. The van der Waals surface area contributed by atoms with Crippen LogP contribution in [0.2, 0.25) is 0 Å². The van der Waals surface area contributed by atoms with Crippen molar-refractivity contribution >= 4 is 34.0 Å². The smallest absolute Gasteiger partial charge is 0.408 e. The van der Waals surface area contributed by atoms with E-state index in [0.717, 1.165) is 19.3 Å². The molecule has 0 atom stereocenters. The molecule has 2 aromatic heterocycles. The number of anilines is 1. The molecule has 0 spiro atoms. The van der Waals surface area contributed by atoms with Crippen molar-refractivity contribution in [3.05, 3.63) is 51.1 Å². The van der Waals surface area contributed by atoms with E-state index >= 15 is 0 Å². The number of fused-ring (bicyclic) bond motifs is 1. The largest absolute Gasteiger partial charge is 0.419 e. The van der Waals surface area contributed by atoms with Gasteiger partial charge in [-0.05, 0) is 42.8 Å². The Labute approximate surface area is 137 Å². The number of carbonyl (C=O) groups excluding carboxylic acids is 1. The third-order valence-electron chi connectivity index (χ3n) is 3.73. The molecule has 23 heavy (non-hydrogen) atoms. The quantitative estimate of drug-likeness (QED) is 0.703. The van der Waals surface area contributed by atoms with Crippen LogP contribution in [0.4, 0.5) is 5.69 Å². The van der Waals surface area contributed by atoms with Gasteiger partial charge in [-0.1, -0.05) is 6.07 Å². The summed E-state index contributed by atoms with van der Waals surface area (Å²) in [7, 11) is 1.65. The zero-order chi connectivity index (χ0) is 16.2. The molecule has 0 aliphatic heterocycles. The molecule has 3 rings (SSSR count). The molecule has 0 saturated heterocycles. The molecular weight excluding hydrogens is 312 g/mol. The van der Waals surface area contributed by atoms with Crippen LogP contribution in [0.15, 0.2) is 44.9 Å². The zero-order valence-electron chi connectivity index (χ0n) is 12.9. The lowest BCUT2D eigenvalue weighted by Crippen LogP contribution is -2.11. The molecule has 0 unspecified atom stereocenters. The third kappa shape index (κ3) is 3.71. The molecule has 0 fully saturated rings. The highest BCUT2D eigenvalue weighted by Gasteiger charge is 2.08. The van der Waals surface area contributed by atoms with E-state index in [1.807, 2.05) is 6.07 Å². The van der Waals surface area contributed by atoms with Crippen molar-refractivity contribution in [1.82, 2.24) is 4.57 Å². The van der Waals surface area contributed by atoms with Crippen LogP contribution in [0.25, 0.3) is 11.1 Å². The van der Waals surface area contributed by atoms with Crippen LogP contribution in [0.5, 0.6) is 0 Å². The lowest BCUT2D eigenvalue weighted by Gasteiger charge is -2.05. The normalized spacial score (nSPS) is 11.0. The van der Waals surface area contributed by atoms with E-state index in [1.54, 1.807) is 36.6 Å². The number of aryl methyl sites for hydroxylation is 2. The number of thiophene rings is 1. The molecule has 6 heteroatoms. The number of benzene rings is 1. The van der Waals surface area contributed by atoms with Crippen LogP contribution in [0.3, 0.4) is 0 Å². The van der Waals surface area contributed by atoms with Crippen molar-refractivity contribution in [3.8, 4) is 0 Å². The number of carbonyl (C=O) groups is 1. The number of rotatable bonds is 6. The van der Waals surface area contributed by atoms with E-state index in [1.165, 1.54) is 9.44 Å². The number of unbranched alkanes of at least 4 members (excludes halogenated alkanes) is 1. The fourth-order valence-corrected chi connectivity index (χ4v) is 3.23. The fraction of sp³-hybridized carbons (Fsp3) is 0.294. The monoisotopic (exact) mass is 330 g/mol. The molecule has 3 aromatic rings. The van der Waals surface area contributed by atoms with Gasteiger partial charge in [0.05, 0.1) is 5.52 Å². The molecule has 2 heterocycles. The zero-order valence-corrected chi connectivity index (χ0v) is 13.7. The SMILES string of the molecule is Cn1c(=O)oc2cc(NC(=O)CCCCc3cccs3)ccc21. The average Bonchev–Trinajstić information content (AvgIpc) is 3.13. The topological polar surface area (TPSA) is 64.2 Å². The van der Waals surface area contributed by atoms with E-state index in [0.29, 0.717) is 23.2 Å². The highest BCUT2D eigenvalue weighted by molar-refractivity contribution is 7.09. The lowest BCUT2D eigenvalue weighted by atomic mass is 10.1. The standard InChI is InChI=1S/C17H18N2O3S/c1-19-14-9-8-12(11-15(14)22-17(19)21)18-16(20)7-3-2-5-13-6-4-10-23-13/h4,6,8-11H,2-3,5,7H2,1H3,(H,18,20). The van der Waals surface area contributed by atoms with Crippen molar-refractivity contribution in [1.29, 1.82) is 0 Å². The molecule has 0 radical (unpaired) electrons. The summed E-state index contributed by atoms with van der Waals surface area (Å²) < 4.78 is 6.55. The fourth-order valence-electron chi connectivity index (χ4n) is 2.47. The number of hydrogen-bond acceptors (Lipinski definition) is 4. The van der Waals surface area contributed by atoms with E-state index in [2.05, 4.69) is 16.8 Å². The molecule has 120 valence electrons. The highest BCUT2D eigenvalue weighted by Crippen LogP contribution is 2.18. The summed E-state index contributed by atoms with van der Waals surface area (Å²) >= 11 is 1.75. The number of aromatic nitrogens is 1. The van der Waals surface area contributed by atoms with Gasteiger partial charge < -0.3 is 9.73 Å². The predicted molar refractivity (Wildman–Crippen MR) is 92.0 cm³/mol. The maximum Gasteiger partial charge on any atom is 0.419 e. The van der Waals surface area contributed by atoms with Gasteiger partial charge in [0.15, 0.2) is 5.58 Å². The Bertz CT molecular complexity index is 862. The van der Waals surface area contributed by atoms with Gasteiger partial charge >= 0.3 is 5.76 Å². The molecule has 1 amide bonds. The summed E-state index contributed by atoms with van der Waals surface area (Å²) in [5, 5.41) is 4.92. The Kier molecular flexibility index (Phi) is 4.62. The molecule has 5 nitrogen and oxygen atoms in total. The van der Waals surface area contributed by atoms with Gasteiger partial charge in [0.25, 0.3) is 0 Å². The lowest BCUT2D eigenvalue weighted by molar-refractivity contribution is -0.116. The Morgan fingerprint density at radius 2 is 2.17 bits per heavy atom. The summed E-state index contributed by atoms with van der Waals surface area (Å²) in [6.45, 7) is 0. The second-order valence-electron chi connectivity index (χ2n) is 5.44. The molecule has 0 saturated carbocycles. The predicted octanol–water partition coefficient (Wildman–Crippen LogP) is 3.54. The first-order chi connectivity index (χ1) is 11.1. The van der Waals surface area contributed by atoms with Gasteiger partial charge in [-0.15, -0.1) is 11.3 Å². The number of nitrogens with one attached hydrogen (secondary N) is 1. The van der Waals surface area contributed by atoms with Crippen LogP contribution in [0, 0.1) is 0 Å². The van der Waals surface area contributed by atoms with Crippen molar-refractivity contribution < 1.29 is 9.21 Å². The van der Waals surface area contributed by atoms with Crippen molar-refractivity contribution in [3.63, 3.8) is 0 Å². The Morgan fingerprint density at radius 1 is 1.30 bits per heavy atom. The van der Waals surface area contributed by atoms with Crippen LogP contribution >= 0.6 is 11.3 Å². The minimum Gasteiger partial charge on any atom is -0.408 e. The van der Waals surface area contributed by atoms with Crippen molar-refractivity contribution in [2.24, 2.45) is 7.05 Å². The van der Waals surface area contributed by atoms with Gasteiger partial charge in [0, 0.05) is 30.1 Å². The van der Waals surface area contributed by atoms with Gasteiger partial charge in [-0.2, -0.15) is 0 Å². The van der Waals surface area contributed by atoms with Gasteiger partial charge in [-0.3, -0.25) is 9.36 Å². The number of nitrogens with zero attached hydrogens (tertiary/aromatic N) is 1. The van der Waals surface area contributed by atoms with E-state index < -0.39 is 5.76 Å². The second-order valence-corrected chi connectivity index (χ2v) is 6.48. The molecule has 1 N–H and O–H groups in total. The molecular formula is C17H18N2O3S. The highest BCUT2D eigenvalue weighted by atomic mass is 32.1. The Hall–Kier alpha value is -2.34. The van der Waals surface area contributed by atoms with Crippen LogP contribution in [-0.4, -0.2) is 10.5 Å². The van der Waals surface area contributed by atoms with Crippen LogP contribution in [0.1, 0.15) is 24.1 Å². The van der Waals surface area contributed by atoms with Crippen LogP contribution < -0.4 is 11.1 Å². The maximum absolute atomic E-state index is 12.0. The van der Waals surface area contributed by atoms with Gasteiger partial charge in [0.1, 0.15) is 0 Å². The van der Waals surface area contributed by atoms with E-state index in [4.69, 9.17) is 4.42 Å². The summed E-state index contributed by atoms with van der Waals surface area (Å²) in [5.41, 5.74) is 1.84. The minimum absolute atomic E-state index is 0.0196. The first kappa shape index (κ1) is 15.6.